The van der Waals surface area contributed by atoms with Gasteiger partial charge in [0.15, 0.2) is 0 Å². The van der Waals surface area contributed by atoms with Gasteiger partial charge in [0.05, 0.1) is 0 Å². The SMILES string of the molecule is C/C=C(/NC(C)=O)c1cccc(Cl)c1. The van der Waals surface area contributed by atoms with Gasteiger partial charge in [-0.25, -0.2) is 0 Å². The van der Waals surface area contributed by atoms with E-state index in [0.717, 1.165) is 11.3 Å². The maximum absolute atomic E-state index is 10.9. The number of halogens is 1. The Morgan fingerprint density at radius 2 is 2.21 bits per heavy atom. The highest BCUT2D eigenvalue weighted by Gasteiger charge is 2.02. The van der Waals surface area contributed by atoms with E-state index < -0.39 is 0 Å². The highest BCUT2D eigenvalue weighted by atomic mass is 35.5. The molecule has 2 nitrogen and oxygen atoms in total. The molecule has 0 heterocycles. The molecule has 0 aliphatic heterocycles. The third-order valence-electron chi connectivity index (χ3n) is 1.73. The summed E-state index contributed by atoms with van der Waals surface area (Å²) in [6.07, 6.45) is 1.84. The molecular formula is C11H12ClNO. The van der Waals surface area contributed by atoms with Gasteiger partial charge in [0.25, 0.3) is 0 Å². The first-order chi connectivity index (χ1) is 6.63. The topological polar surface area (TPSA) is 29.1 Å². The summed E-state index contributed by atoms with van der Waals surface area (Å²) >= 11 is 5.84. The molecule has 1 aromatic rings. The van der Waals surface area contributed by atoms with Gasteiger partial charge in [0.2, 0.25) is 5.91 Å². The average Bonchev–Trinajstić information content (AvgIpc) is 2.14. The number of rotatable bonds is 2. The van der Waals surface area contributed by atoms with Crippen LogP contribution in [0.4, 0.5) is 0 Å². The van der Waals surface area contributed by atoms with Crippen LogP contribution >= 0.6 is 11.6 Å². The van der Waals surface area contributed by atoms with Gasteiger partial charge >= 0.3 is 0 Å². The molecule has 0 bridgehead atoms. The number of nitrogens with one attached hydrogen (secondary N) is 1. The second-order valence-electron chi connectivity index (χ2n) is 2.89. The van der Waals surface area contributed by atoms with Crippen LogP contribution < -0.4 is 5.32 Å². The van der Waals surface area contributed by atoms with E-state index in [2.05, 4.69) is 5.32 Å². The lowest BCUT2D eigenvalue weighted by Crippen LogP contribution is -2.17. The normalized spacial score (nSPS) is 11.2. The minimum atomic E-state index is -0.0851. The van der Waals surface area contributed by atoms with E-state index in [1.807, 2.05) is 31.2 Å². The number of allylic oxidation sites excluding steroid dienone is 1. The van der Waals surface area contributed by atoms with Crippen LogP contribution in [0.5, 0.6) is 0 Å². The molecule has 14 heavy (non-hydrogen) atoms. The second-order valence-corrected chi connectivity index (χ2v) is 3.33. The molecular weight excluding hydrogens is 198 g/mol. The molecule has 0 saturated carbocycles. The van der Waals surface area contributed by atoms with Gasteiger partial charge < -0.3 is 5.32 Å². The van der Waals surface area contributed by atoms with Crippen LogP contribution in [0.25, 0.3) is 5.70 Å². The molecule has 1 aromatic carbocycles. The van der Waals surface area contributed by atoms with E-state index in [1.54, 1.807) is 6.07 Å². The third-order valence-corrected chi connectivity index (χ3v) is 1.97. The van der Waals surface area contributed by atoms with Gasteiger partial charge in [-0.1, -0.05) is 29.8 Å². The highest BCUT2D eigenvalue weighted by Crippen LogP contribution is 2.16. The summed E-state index contributed by atoms with van der Waals surface area (Å²) in [4.78, 5) is 10.9. The lowest BCUT2D eigenvalue weighted by molar-refractivity contribution is -0.117. The Labute approximate surface area is 88.6 Å². The van der Waals surface area contributed by atoms with Crippen LogP contribution in [0.2, 0.25) is 5.02 Å². The minimum absolute atomic E-state index is 0.0851. The van der Waals surface area contributed by atoms with Crippen LogP contribution in [0.3, 0.4) is 0 Å². The Morgan fingerprint density at radius 1 is 1.50 bits per heavy atom. The van der Waals surface area contributed by atoms with Crippen molar-refractivity contribution in [2.45, 2.75) is 13.8 Å². The molecule has 3 heteroatoms. The summed E-state index contributed by atoms with van der Waals surface area (Å²) < 4.78 is 0. The molecule has 74 valence electrons. The van der Waals surface area contributed by atoms with Crippen molar-refractivity contribution >= 4 is 23.2 Å². The van der Waals surface area contributed by atoms with Crippen molar-refractivity contribution in [2.75, 3.05) is 0 Å². The lowest BCUT2D eigenvalue weighted by atomic mass is 10.1. The molecule has 0 aromatic heterocycles. The fraction of sp³-hybridized carbons (Fsp3) is 0.182. The molecule has 0 aliphatic rings. The summed E-state index contributed by atoms with van der Waals surface area (Å²) in [5.41, 5.74) is 1.69. The van der Waals surface area contributed by atoms with Crippen LogP contribution in [0, 0.1) is 0 Å². The summed E-state index contributed by atoms with van der Waals surface area (Å²) in [7, 11) is 0. The molecule has 1 N–H and O–H groups in total. The first-order valence-electron chi connectivity index (χ1n) is 4.33. The standard InChI is InChI=1S/C11H12ClNO/c1-3-11(13-8(2)14)9-5-4-6-10(12)7-9/h3-7H,1-2H3,(H,13,14)/b11-3+. The molecule has 1 rings (SSSR count). The largest absolute Gasteiger partial charge is 0.326 e. The summed E-state index contributed by atoms with van der Waals surface area (Å²) in [5, 5.41) is 3.40. The highest BCUT2D eigenvalue weighted by molar-refractivity contribution is 6.30. The van der Waals surface area contributed by atoms with Crippen LogP contribution in [-0.4, -0.2) is 5.91 Å². The number of hydrogen-bond donors (Lipinski definition) is 1. The molecule has 0 radical (unpaired) electrons. The zero-order valence-electron chi connectivity index (χ0n) is 8.17. The van der Waals surface area contributed by atoms with Gasteiger partial charge in [-0.3, -0.25) is 4.79 Å². The number of carbonyl (C=O) groups excluding carboxylic acids is 1. The molecule has 0 aliphatic carbocycles. The van der Waals surface area contributed by atoms with Gasteiger partial charge in [0, 0.05) is 17.6 Å². The predicted molar refractivity (Wildman–Crippen MR) is 58.9 cm³/mol. The summed E-state index contributed by atoms with van der Waals surface area (Å²) in [5.74, 6) is -0.0851. The van der Waals surface area contributed by atoms with E-state index in [9.17, 15) is 4.79 Å². The number of carbonyl (C=O) groups is 1. The first-order valence-corrected chi connectivity index (χ1v) is 4.71. The van der Waals surface area contributed by atoms with Crippen LogP contribution in [0.1, 0.15) is 19.4 Å². The van der Waals surface area contributed by atoms with Crippen molar-refractivity contribution in [3.8, 4) is 0 Å². The average molecular weight is 210 g/mol. The molecule has 0 atom stereocenters. The number of amides is 1. The van der Waals surface area contributed by atoms with Crippen molar-refractivity contribution in [2.24, 2.45) is 0 Å². The van der Waals surface area contributed by atoms with E-state index in [1.165, 1.54) is 6.92 Å². The van der Waals surface area contributed by atoms with Gasteiger partial charge in [-0.05, 0) is 24.6 Å². The van der Waals surface area contributed by atoms with E-state index in [0.29, 0.717) is 5.02 Å². The smallest absolute Gasteiger partial charge is 0.221 e. The van der Waals surface area contributed by atoms with Gasteiger partial charge in [0.1, 0.15) is 0 Å². The fourth-order valence-electron chi connectivity index (χ4n) is 1.16. The Morgan fingerprint density at radius 3 is 2.71 bits per heavy atom. The van der Waals surface area contributed by atoms with E-state index >= 15 is 0 Å². The Bertz CT molecular complexity index is 371. The molecule has 0 spiro atoms. The Hall–Kier alpha value is -1.28. The maximum Gasteiger partial charge on any atom is 0.221 e. The van der Waals surface area contributed by atoms with E-state index in [4.69, 9.17) is 11.6 Å². The van der Waals surface area contributed by atoms with Crippen molar-refractivity contribution in [3.63, 3.8) is 0 Å². The Balaban J connectivity index is 2.96. The van der Waals surface area contributed by atoms with Crippen molar-refractivity contribution in [1.29, 1.82) is 0 Å². The monoisotopic (exact) mass is 209 g/mol. The van der Waals surface area contributed by atoms with Crippen molar-refractivity contribution in [3.05, 3.63) is 40.9 Å². The lowest BCUT2D eigenvalue weighted by Gasteiger charge is -2.07. The van der Waals surface area contributed by atoms with Crippen LogP contribution in [0.15, 0.2) is 30.3 Å². The van der Waals surface area contributed by atoms with Gasteiger partial charge in [-0.2, -0.15) is 0 Å². The van der Waals surface area contributed by atoms with Crippen molar-refractivity contribution < 1.29 is 4.79 Å². The Kier molecular flexibility index (Phi) is 3.72. The maximum atomic E-state index is 10.9. The van der Waals surface area contributed by atoms with Crippen molar-refractivity contribution in [1.82, 2.24) is 5.32 Å². The molecule has 0 fully saturated rings. The first kappa shape index (κ1) is 10.8. The van der Waals surface area contributed by atoms with Crippen LogP contribution in [-0.2, 0) is 4.79 Å². The molecule has 0 unspecified atom stereocenters. The number of hydrogen-bond acceptors (Lipinski definition) is 1. The quantitative estimate of drug-likeness (QED) is 0.798. The third kappa shape index (κ3) is 2.89. The van der Waals surface area contributed by atoms with Gasteiger partial charge in [-0.15, -0.1) is 0 Å². The second kappa shape index (κ2) is 4.82. The summed E-state index contributed by atoms with van der Waals surface area (Å²) in [6, 6.07) is 7.36. The number of benzene rings is 1. The summed E-state index contributed by atoms with van der Waals surface area (Å²) in [6.45, 7) is 3.35. The zero-order valence-corrected chi connectivity index (χ0v) is 8.93. The minimum Gasteiger partial charge on any atom is -0.326 e. The molecule has 1 amide bonds. The van der Waals surface area contributed by atoms with E-state index in [-0.39, 0.29) is 5.91 Å². The zero-order chi connectivity index (χ0) is 10.6. The fourth-order valence-corrected chi connectivity index (χ4v) is 1.35. The predicted octanol–water partition coefficient (Wildman–Crippen LogP) is 2.84. The molecule has 0 saturated heterocycles.